The van der Waals surface area contributed by atoms with Crippen molar-refractivity contribution in [3.05, 3.63) is 297 Å². The summed E-state index contributed by atoms with van der Waals surface area (Å²) in [6.45, 7) is 4.77. The lowest BCUT2D eigenvalue weighted by atomic mass is 9.81. The molecule has 0 saturated carbocycles. The molecule has 6 heterocycles. The van der Waals surface area contributed by atoms with E-state index in [1.807, 2.05) is 12.1 Å². The molecule has 1 aliphatic rings. The smallest absolute Gasteiger partial charge is 0.237 e. The summed E-state index contributed by atoms with van der Waals surface area (Å²) in [7, 11) is 0. The van der Waals surface area contributed by atoms with E-state index in [4.69, 9.17) is 19.9 Å². The highest BCUT2D eigenvalue weighted by Crippen LogP contribution is 2.53. The van der Waals surface area contributed by atoms with Gasteiger partial charge in [0.05, 0.1) is 55.5 Å². The topological polar surface area (TPSA) is 84.2 Å². The standard InChI is InChI=1S/C82H53N9/c1-82(2)68-29-17-15-27-58(68)60-35-36-61-62-41-52(31-37-72(62)89(79(61)78(60)82)57-25-13-6-14-26-57)53-32-38-73-63(42-53)64-43-54(33-39-74(64)90(73)80-84-48-83-49-85-80)55-34-40-75-65(44-55)67-46-76-66(59-28-16-18-30-71(59)88(76)56-23-11-5-12-24-56)45-77(67)91(75)81-86-69(50-19-7-3-8-20-50)47-70(87-81)51-21-9-4-10-22-51/h3-49H,1-2H3. The number of rotatable bonds is 8. The Morgan fingerprint density at radius 2 is 0.714 bits per heavy atom. The van der Waals surface area contributed by atoms with E-state index in [2.05, 4.69) is 298 Å². The molecule has 0 fully saturated rings. The van der Waals surface area contributed by atoms with Gasteiger partial charge >= 0.3 is 0 Å². The second kappa shape index (κ2) is 19.5. The zero-order valence-corrected chi connectivity index (χ0v) is 49.7. The summed E-state index contributed by atoms with van der Waals surface area (Å²) in [6, 6.07) is 99.1. The first-order valence-electron chi connectivity index (χ1n) is 31.0. The zero-order chi connectivity index (χ0) is 60.1. The number of hydrogen-bond donors (Lipinski definition) is 0. The average Bonchev–Trinajstić information content (AvgIpc) is 1.55. The molecule has 0 spiro atoms. The Morgan fingerprint density at radius 1 is 0.286 bits per heavy atom. The van der Waals surface area contributed by atoms with Crippen LogP contribution >= 0.6 is 0 Å². The molecule has 0 N–H and O–H groups in total. The molecule has 0 amide bonds. The third-order valence-electron chi connectivity index (χ3n) is 19.2. The van der Waals surface area contributed by atoms with Crippen molar-refractivity contribution in [2.45, 2.75) is 19.3 Å². The molecule has 0 aliphatic heterocycles. The molecule has 426 valence electrons. The van der Waals surface area contributed by atoms with Crippen molar-refractivity contribution in [1.29, 1.82) is 0 Å². The van der Waals surface area contributed by atoms with E-state index in [0.29, 0.717) is 11.9 Å². The first-order valence-corrected chi connectivity index (χ1v) is 31.0. The van der Waals surface area contributed by atoms with Gasteiger partial charge in [0.1, 0.15) is 12.7 Å². The molecule has 12 aromatic carbocycles. The fourth-order valence-corrected chi connectivity index (χ4v) is 15.1. The maximum atomic E-state index is 5.46. The van der Waals surface area contributed by atoms with E-state index in [-0.39, 0.29) is 5.41 Å². The molecule has 91 heavy (non-hydrogen) atoms. The predicted molar refractivity (Wildman–Crippen MR) is 372 cm³/mol. The SMILES string of the molecule is CC1(C)c2ccccc2-c2ccc3c4cc(-c5ccc6c(c5)c5cc(-c7ccc8c(c7)c7cc9c(cc7n8-c7nc(-c8ccccc8)cc(-c8ccccc8)n7)c7ccccc7n9-c7ccccc7)ccc5n6-c5ncncn5)ccc4n(-c4ccccc4)c3c21. The molecule has 6 aromatic heterocycles. The lowest BCUT2D eigenvalue weighted by Gasteiger charge is -2.23. The largest absolute Gasteiger partial charge is 0.309 e. The molecule has 0 radical (unpaired) electrons. The highest BCUT2D eigenvalue weighted by Gasteiger charge is 2.38. The number of aromatic nitrogens is 9. The number of para-hydroxylation sites is 3. The Balaban J connectivity index is 0.823. The quantitative estimate of drug-likeness (QED) is 0.151. The summed E-state index contributed by atoms with van der Waals surface area (Å²) in [5.74, 6) is 1.16. The van der Waals surface area contributed by atoms with E-state index >= 15 is 0 Å². The summed E-state index contributed by atoms with van der Waals surface area (Å²) < 4.78 is 9.33. The van der Waals surface area contributed by atoms with Gasteiger partial charge in [-0.05, 0) is 142 Å². The fraction of sp³-hybridized carbons (Fsp3) is 0.0366. The third kappa shape index (κ3) is 7.61. The van der Waals surface area contributed by atoms with Crippen molar-refractivity contribution in [1.82, 2.24) is 43.2 Å². The van der Waals surface area contributed by atoms with Gasteiger partial charge in [0, 0.05) is 71.0 Å². The second-order valence-electron chi connectivity index (χ2n) is 24.5. The first kappa shape index (κ1) is 51.0. The Labute approximate surface area is 522 Å². The number of hydrogen-bond acceptors (Lipinski definition) is 5. The lowest BCUT2D eigenvalue weighted by molar-refractivity contribution is 0.664. The number of nitrogens with zero attached hydrogens (tertiary/aromatic N) is 9. The third-order valence-corrected chi connectivity index (χ3v) is 19.2. The van der Waals surface area contributed by atoms with Crippen LogP contribution in [0, 0.1) is 0 Å². The van der Waals surface area contributed by atoms with Crippen LogP contribution in [0.5, 0.6) is 0 Å². The second-order valence-corrected chi connectivity index (χ2v) is 24.5. The van der Waals surface area contributed by atoms with Gasteiger partial charge in [0.15, 0.2) is 0 Å². The monoisotopic (exact) mass is 1160 g/mol. The number of fused-ring (bicyclic) bond motifs is 16. The Kier molecular flexibility index (Phi) is 10.9. The van der Waals surface area contributed by atoms with Crippen LogP contribution in [0.25, 0.3) is 166 Å². The molecular formula is C82H53N9. The molecule has 18 aromatic rings. The van der Waals surface area contributed by atoms with Gasteiger partial charge in [-0.3, -0.25) is 9.13 Å². The molecular weight excluding hydrogens is 1110 g/mol. The van der Waals surface area contributed by atoms with Gasteiger partial charge in [-0.15, -0.1) is 0 Å². The summed E-state index contributed by atoms with van der Waals surface area (Å²) in [6.07, 6.45) is 3.15. The van der Waals surface area contributed by atoms with Crippen LogP contribution in [-0.2, 0) is 5.41 Å². The van der Waals surface area contributed by atoms with Crippen molar-refractivity contribution < 1.29 is 0 Å². The summed E-state index contributed by atoms with van der Waals surface area (Å²) >= 11 is 0. The maximum Gasteiger partial charge on any atom is 0.237 e. The molecule has 0 bridgehead atoms. The Hall–Kier alpha value is -12.1. The minimum atomic E-state index is -0.203. The van der Waals surface area contributed by atoms with Crippen molar-refractivity contribution in [2.24, 2.45) is 0 Å². The van der Waals surface area contributed by atoms with Crippen LogP contribution in [0.15, 0.2) is 286 Å². The highest BCUT2D eigenvalue weighted by molar-refractivity contribution is 6.20. The van der Waals surface area contributed by atoms with E-state index in [9.17, 15) is 0 Å². The van der Waals surface area contributed by atoms with Gasteiger partial charge in [-0.25, -0.2) is 24.9 Å². The van der Waals surface area contributed by atoms with Crippen molar-refractivity contribution in [3.63, 3.8) is 0 Å². The Bertz CT molecular complexity index is 5960. The average molecular weight is 1160 g/mol. The normalized spacial score (nSPS) is 12.8. The van der Waals surface area contributed by atoms with Crippen molar-refractivity contribution in [2.75, 3.05) is 0 Å². The highest BCUT2D eigenvalue weighted by atomic mass is 15.2. The van der Waals surface area contributed by atoms with E-state index in [0.717, 1.165) is 116 Å². The van der Waals surface area contributed by atoms with Gasteiger partial charge in [0.25, 0.3) is 0 Å². The lowest BCUT2D eigenvalue weighted by Crippen LogP contribution is -2.16. The van der Waals surface area contributed by atoms with Gasteiger partial charge < -0.3 is 9.13 Å². The molecule has 9 heteroatoms. The van der Waals surface area contributed by atoms with Crippen LogP contribution < -0.4 is 0 Å². The predicted octanol–water partition coefficient (Wildman–Crippen LogP) is 20.0. The van der Waals surface area contributed by atoms with Gasteiger partial charge in [-0.2, -0.15) is 0 Å². The molecule has 1 aliphatic carbocycles. The number of benzene rings is 12. The minimum Gasteiger partial charge on any atom is -0.309 e. The van der Waals surface area contributed by atoms with E-state index < -0.39 is 0 Å². The molecule has 0 unspecified atom stereocenters. The molecule has 9 nitrogen and oxygen atoms in total. The summed E-state index contributed by atoms with van der Waals surface area (Å²) in [5.41, 5.74) is 24.3. The van der Waals surface area contributed by atoms with Crippen LogP contribution in [0.4, 0.5) is 0 Å². The van der Waals surface area contributed by atoms with Crippen molar-refractivity contribution in [3.8, 4) is 79.2 Å². The zero-order valence-electron chi connectivity index (χ0n) is 49.7. The molecule has 0 saturated heterocycles. The van der Waals surface area contributed by atoms with Crippen LogP contribution in [0.1, 0.15) is 25.0 Å². The first-order chi connectivity index (χ1) is 44.9. The fourth-order valence-electron chi connectivity index (χ4n) is 15.1. The molecule has 0 atom stereocenters. The van der Waals surface area contributed by atoms with E-state index in [1.54, 1.807) is 12.7 Å². The van der Waals surface area contributed by atoms with Crippen LogP contribution in [-0.4, -0.2) is 43.2 Å². The maximum absolute atomic E-state index is 5.46. The van der Waals surface area contributed by atoms with Gasteiger partial charge in [0.2, 0.25) is 11.9 Å². The van der Waals surface area contributed by atoms with Crippen LogP contribution in [0.2, 0.25) is 0 Å². The van der Waals surface area contributed by atoms with Crippen LogP contribution in [0.3, 0.4) is 0 Å². The van der Waals surface area contributed by atoms with Crippen molar-refractivity contribution >= 4 is 87.2 Å². The molecule has 19 rings (SSSR count). The summed E-state index contributed by atoms with van der Waals surface area (Å²) in [5, 5.41) is 9.15. The Morgan fingerprint density at radius 3 is 1.29 bits per heavy atom. The van der Waals surface area contributed by atoms with E-state index in [1.165, 1.54) is 49.4 Å². The summed E-state index contributed by atoms with van der Waals surface area (Å²) in [4.78, 5) is 24.6. The minimum absolute atomic E-state index is 0.203. The van der Waals surface area contributed by atoms with Gasteiger partial charge in [-0.1, -0.05) is 190 Å².